The quantitative estimate of drug-likeness (QED) is 0.915. The molecule has 3 heteroatoms. The molecule has 0 bridgehead atoms. The smallest absolute Gasteiger partial charge is 0.129 e. The summed E-state index contributed by atoms with van der Waals surface area (Å²) in [6.07, 6.45) is 3.91. The highest BCUT2D eigenvalue weighted by molar-refractivity contribution is 5.45. The third-order valence-electron chi connectivity index (χ3n) is 4.12. The molecule has 20 heavy (non-hydrogen) atoms. The van der Waals surface area contributed by atoms with E-state index < -0.39 is 0 Å². The van der Waals surface area contributed by atoms with Gasteiger partial charge in [0, 0.05) is 30.2 Å². The molecule has 1 aromatic heterocycles. The Labute approximate surface area is 123 Å². The van der Waals surface area contributed by atoms with Crippen molar-refractivity contribution in [2.24, 2.45) is 0 Å². The van der Waals surface area contributed by atoms with Crippen LogP contribution in [0.25, 0.3) is 0 Å². The zero-order chi connectivity index (χ0) is 14.8. The third-order valence-corrected chi connectivity index (χ3v) is 4.12. The number of piperidine rings is 1. The van der Waals surface area contributed by atoms with Gasteiger partial charge in [0.25, 0.3) is 0 Å². The third kappa shape index (κ3) is 3.51. The Bertz CT molecular complexity index is 448. The molecular formula is C17H29N3. The molecule has 0 spiro atoms. The maximum absolute atomic E-state index is 4.96. The fourth-order valence-corrected chi connectivity index (χ4v) is 2.85. The number of pyridine rings is 1. The first kappa shape index (κ1) is 15.3. The van der Waals surface area contributed by atoms with Crippen LogP contribution >= 0.6 is 0 Å². The molecule has 1 N–H and O–H groups in total. The highest BCUT2D eigenvalue weighted by Gasteiger charge is 2.23. The van der Waals surface area contributed by atoms with Crippen LogP contribution in [0.2, 0.25) is 0 Å². The van der Waals surface area contributed by atoms with Gasteiger partial charge >= 0.3 is 0 Å². The number of anilines is 1. The van der Waals surface area contributed by atoms with Crippen molar-refractivity contribution in [3.05, 3.63) is 23.4 Å². The average molecular weight is 275 g/mol. The molecule has 3 nitrogen and oxygen atoms in total. The molecule has 1 aliphatic rings. The van der Waals surface area contributed by atoms with Gasteiger partial charge in [-0.15, -0.1) is 0 Å². The number of nitrogens with one attached hydrogen (secondary N) is 1. The minimum atomic E-state index is 0.0948. The lowest BCUT2D eigenvalue weighted by atomic mass is 9.90. The van der Waals surface area contributed by atoms with Gasteiger partial charge in [-0.2, -0.15) is 0 Å². The number of hydrogen-bond donors (Lipinski definition) is 1. The second-order valence-electron chi connectivity index (χ2n) is 7.04. The van der Waals surface area contributed by atoms with Crippen LogP contribution in [0, 0.1) is 0 Å². The summed E-state index contributed by atoms with van der Waals surface area (Å²) in [5.74, 6) is 1.16. The van der Waals surface area contributed by atoms with Crippen molar-refractivity contribution in [1.82, 2.24) is 10.3 Å². The molecule has 1 atom stereocenters. The van der Waals surface area contributed by atoms with Crippen molar-refractivity contribution in [3.8, 4) is 0 Å². The van der Waals surface area contributed by atoms with Crippen LogP contribution in [0.4, 0.5) is 5.82 Å². The van der Waals surface area contributed by atoms with Crippen molar-refractivity contribution in [1.29, 1.82) is 0 Å². The first-order valence-electron chi connectivity index (χ1n) is 7.84. The van der Waals surface area contributed by atoms with Gasteiger partial charge in [-0.3, -0.25) is 0 Å². The highest BCUT2D eigenvalue weighted by atomic mass is 15.2. The van der Waals surface area contributed by atoms with Gasteiger partial charge in [0.2, 0.25) is 0 Å². The molecule has 1 aliphatic heterocycles. The van der Waals surface area contributed by atoms with Crippen LogP contribution in [-0.4, -0.2) is 24.6 Å². The maximum atomic E-state index is 4.96. The van der Waals surface area contributed by atoms with E-state index in [1.807, 2.05) is 7.05 Å². The Hall–Kier alpha value is -1.09. The van der Waals surface area contributed by atoms with Crippen molar-refractivity contribution in [2.75, 3.05) is 18.5 Å². The van der Waals surface area contributed by atoms with Gasteiger partial charge in [0.1, 0.15) is 5.82 Å². The van der Waals surface area contributed by atoms with Crippen molar-refractivity contribution in [2.45, 2.75) is 65.0 Å². The largest absolute Gasteiger partial charge is 0.354 e. The predicted molar refractivity (Wildman–Crippen MR) is 86.4 cm³/mol. The Balaban J connectivity index is 2.38. The van der Waals surface area contributed by atoms with Crippen molar-refractivity contribution in [3.63, 3.8) is 0 Å². The van der Waals surface area contributed by atoms with Gasteiger partial charge in [0.15, 0.2) is 0 Å². The van der Waals surface area contributed by atoms with Gasteiger partial charge in [-0.25, -0.2) is 4.98 Å². The summed E-state index contributed by atoms with van der Waals surface area (Å²) in [5, 5.41) is 3.26. The second kappa shape index (κ2) is 6.13. The summed E-state index contributed by atoms with van der Waals surface area (Å²) in [6.45, 7) is 11.1. The molecule has 1 aromatic rings. The Kier molecular flexibility index (Phi) is 4.69. The fourth-order valence-electron chi connectivity index (χ4n) is 2.85. The summed E-state index contributed by atoms with van der Waals surface area (Å²) >= 11 is 0. The minimum absolute atomic E-state index is 0.0948. The van der Waals surface area contributed by atoms with Crippen LogP contribution in [0.5, 0.6) is 0 Å². The molecule has 0 aromatic carbocycles. The van der Waals surface area contributed by atoms with Crippen LogP contribution in [0.1, 0.15) is 58.2 Å². The fraction of sp³-hybridized carbons (Fsp3) is 0.706. The monoisotopic (exact) mass is 275 g/mol. The number of rotatable bonds is 3. The molecule has 112 valence electrons. The molecule has 1 fully saturated rings. The average Bonchev–Trinajstić information content (AvgIpc) is 2.38. The Morgan fingerprint density at radius 1 is 1.30 bits per heavy atom. The van der Waals surface area contributed by atoms with Crippen LogP contribution in [-0.2, 0) is 12.0 Å². The minimum Gasteiger partial charge on any atom is -0.354 e. The number of nitrogens with zero attached hydrogens (tertiary/aromatic N) is 2. The van der Waals surface area contributed by atoms with Crippen LogP contribution in [0.3, 0.4) is 0 Å². The van der Waals surface area contributed by atoms with Crippen molar-refractivity contribution < 1.29 is 0 Å². The molecular weight excluding hydrogens is 246 g/mol. The van der Waals surface area contributed by atoms with Gasteiger partial charge in [-0.05, 0) is 50.9 Å². The first-order chi connectivity index (χ1) is 9.41. The molecule has 1 unspecified atom stereocenters. The summed E-state index contributed by atoms with van der Waals surface area (Å²) in [7, 11) is 2.00. The zero-order valence-electron chi connectivity index (χ0n) is 13.7. The predicted octanol–water partition coefficient (Wildman–Crippen LogP) is 3.48. The van der Waals surface area contributed by atoms with E-state index in [2.05, 4.69) is 50.0 Å². The van der Waals surface area contributed by atoms with Crippen molar-refractivity contribution >= 4 is 5.82 Å². The lowest BCUT2D eigenvalue weighted by Crippen LogP contribution is -2.38. The molecule has 2 rings (SSSR count). The van der Waals surface area contributed by atoms with E-state index in [1.165, 1.54) is 30.5 Å². The van der Waals surface area contributed by atoms with Crippen LogP contribution < -0.4 is 10.2 Å². The first-order valence-corrected chi connectivity index (χ1v) is 7.84. The summed E-state index contributed by atoms with van der Waals surface area (Å²) in [5.41, 5.74) is 2.62. The Morgan fingerprint density at radius 3 is 2.65 bits per heavy atom. The van der Waals surface area contributed by atoms with E-state index in [9.17, 15) is 0 Å². The van der Waals surface area contributed by atoms with E-state index in [0.717, 1.165) is 18.9 Å². The topological polar surface area (TPSA) is 28.2 Å². The molecule has 0 amide bonds. The normalized spacial score (nSPS) is 20.2. The molecule has 2 heterocycles. The lowest BCUT2D eigenvalue weighted by Gasteiger charge is -2.35. The molecule has 0 aliphatic carbocycles. The van der Waals surface area contributed by atoms with E-state index >= 15 is 0 Å². The lowest BCUT2D eigenvalue weighted by molar-refractivity contribution is 0.478. The van der Waals surface area contributed by atoms with E-state index in [4.69, 9.17) is 4.98 Å². The Morgan fingerprint density at radius 2 is 2.05 bits per heavy atom. The van der Waals surface area contributed by atoms with E-state index in [1.54, 1.807) is 0 Å². The SMILES string of the molecule is CNCc1cc(N2CCCCC2C)nc(C(C)(C)C)c1. The summed E-state index contributed by atoms with van der Waals surface area (Å²) < 4.78 is 0. The standard InChI is InChI=1S/C17H29N3/c1-13-8-6-7-9-20(13)16-11-14(12-18-5)10-15(19-16)17(2,3)4/h10-11,13,18H,6-9,12H2,1-5H3. The maximum Gasteiger partial charge on any atom is 0.129 e. The second-order valence-corrected chi connectivity index (χ2v) is 7.04. The van der Waals surface area contributed by atoms with Crippen LogP contribution in [0.15, 0.2) is 12.1 Å². The molecule has 0 saturated carbocycles. The zero-order valence-corrected chi connectivity index (χ0v) is 13.7. The molecule has 0 radical (unpaired) electrons. The number of aromatic nitrogens is 1. The van der Waals surface area contributed by atoms with E-state index in [-0.39, 0.29) is 5.41 Å². The van der Waals surface area contributed by atoms with Gasteiger partial charge in [-0.1, -0.05) is 20.8 Å². The summed E-state index contributed by atoms with van der Waals surface area (Å²) in [6, 6.07) is 5.11. The van der Waals surface area contributed by atoms with E-state index in [0.29, 0.717) is 6.04 Å². The number of hydrogen-bond acceptors (Lipinski definition) is 3. The summed E-state index contributed by atoms with van der Waals surface area (Å²) in [4.78, 5) is 7.44. The van der Waals surface area contributed by atoms with Gasteiger partial charge < -0.3 is 10.2 Å². The highest BCUT2D eigenvalue weighted by Crippen LogP contribution is 2.28. The molecule has 1 saturated heterocycles. The van der Waals surface area contributed by atoms with Gasteiger partial charge in [0.05, 0.1) is 0 Å².